The minimum absolute atomic E-state index is 0.0727. The van der Waals surface area contributed by atoms with E-state index in [0.29, 0.717) is 36.6 Å². The number of hydrogen-bond donors (Lipinski definition) is 0. The monoisotopic (exact) mass is 447 g/mol. The molecule has 0 spiro atoms. The van der Waals surface area contributed by atoms with Crippen LogP contribution < -0.4 is 4.74 Å². The fourth-order valence-corrected chi connectivity index (χ4v) is 4.99. The van der Waals surface area contributed by atoms with E-state index in [0.717, 1.165) is 16.3 Å². The Kier molecular flexibility index (Phi) is 5.31. The molecular weight excluding hydrogens is 429 g/mol. The van der Waals surface area contributed by atoms with Crippen molar-refractivity contribution in [2.24, 2.45) is 0 Å². The fourth-order valence-electron chi connectivity index (χ4n) is 4.02. The smallest absolute Gasteiger partial charge is 0.417 e. The van der Waals surface area contributed by atoms with Crippen LogP contribution in [0.2, 0.25) is 0 Å². The molecule has 0 bridgehead atoms. The zero-order valence-electron chi connectivity index (χ0n) is 16.3. The highest BCUT2D eigenvalue weighted by atomic mass is 32.2. The van der Waals surface area contributed by atoms with Crippen molar-refractivity contribution in [3.05, 3.63) is 71.3 Å². The maximum atomic E-state index is 13.7. The van der Waals surface area contributed by atoms with Crippen molar-refractivity contribution in [3.8, 4) is 11.5 Å². The fraction of sp³-hybridized carbons (Fsp3) is 0.217. The molecule has 0 saturated heterocycles. The van der Waals surface area contributed by atoms with Crippen LogP contribution in [-0.4, -0.2) is 13.0 Å². The van der Waals surface area contributed by atoms with Crippen molar-refractivity contribution < 1.29 is 30.9 Å². The lowest BCUT2D eigenvalue weighted by Gasteiger charge is -2.27. The van der Waals surface area contributed by atoms with E-state index >= 15 is 0 Å². The van der Waals surface area contributed by atoms with E-state index in [1.54, 1.807) is 24.3 Å². The lowest BCUT2D eigenvalue weighted by molar-refractivity contribution is -0.140. The molecule has 0 atom stereocenters. The van der Waals surface area contributed by atoms with Gasteiger partial charge in [-0.15, -0.1) is 0 Å². The quantitative estimate of drug-likeness (QED) is 0.455. The van der Waals surface area contributed by atoms with Gasteiger partial charge in [0.1, 0.15) is 21.6 Å². The molecule has 3 aromatic rings. The second kappa shape index (κ2) is 7.69. The Labute approximate surface area is 177 Å². The van der Waals surface area contributed by atoms with Crippen LogP contribution in [0.25, 0.3) is 16.8 Å². The maximum Gasteiger partial charge on any atom is 0.417 e. The summed E-state index contributed by atoms with van der Waals surface area (Å²) in [6, 6.07) is 11.4. The molecule has 0 fully saturated rings. The van der Waals surface area contributed by atoms with Crippen molar-refractivity contribution in [3.63, 3.8) is 0 Å². The van der Waals surface area contributed by atoms with Crippen molar-refractivity contribution >= 4 is 27.0 Å². The Morgan fingerprint density at radius 2 is 1.61 bits per heavy atom. The lowest BCUT2D eigenvalue weighted by atomic mass is 9.89. The highest BCUT2D eigenvalue weighted by molar-refractivity contribution is 7.85. The molecule has 1 aliphatic carbocycles. The summed E-state index contributed by atoms with van der Waals surface area (Å²) in [4.78, 5) is -1.17. The van der Waals surface area contributed by atoms with Gasteiger partial charge in [0.15, 0.2) is 0 Å². The van der Waals surface area contributed by atoms with Crippen LogP contribution in [0.15, 0.2) is 53.9 Å². The van der Waals surface area contributed by atoms with Crippen LogP contribution in [0.1, 0.15) is 35.1 Å². The van der Waals surface area contributed by atoms with Gasteiger partial charge < -0.3 is 9.29 Å². The van der Waals surface area contributed by atoms with Crippen LogP contribution in [0.4, 0.5) is 13.2 Å². The van der Waals surface area contributed by atoms with Gasteiger partial charge in [0.2, 0.25) is 0 Å². The number of rotatable bonds is 4. The van der Waals surface area contributed by atoms with Gasteiger partial charge in [-0.25, -0.2) is 8.42 Å². The SMILES string of the molecule is C=Cc1ccc2cc(Oc3cc(C(F)(F)F)c(S(=O)(=O)[O-])c4c3CCCC4)ccc2c1. The van der Waals surface area contributed by atoms with Gasteiger partial charge in [0.05, 0.1) is 10.5 Å². The number of alkyl halides is 3. The number of hydrogen-bond acceptors (Lipinski definition) is 4. The molecule has 0 unspecified atom stereocenters. The molecule has 1 aliphatic rings. The van der Waals surface area contributed by atoms with E-state index in [1.165, 1.54) is 0 Å². The average Bonchev–Trinajstić information content (AvgIpc) is 2.71. The van der Waals surface area contributed by atoms with Crippen LogP contribution >= 0.6 is 0 Å². The van der Waals surface area contributed by atoms with Gasteiger partial charge in [-0.05, 0) is 77.4 Å². The van der Waals surface area contributed by atoms with Crippen LogP contribution in [0.5, 0.6) is 11.5 Å². The topological polar surface area (TPSA) is 66.4 Å². The highest BCUT2D eigenvalue weighted by Gasteiger charge is 2.39. The molecule has 162 valence electrons. The highest BCUT2D eigenvalue weighted by Crippen LogP contribution is 2.44. The van der Waals surface area contributed by atoms with Crippen molar-refractivity contribution in [2.75, 3.05) is 0 Å². The Balaban J connectivity index is 1.87. The number of fused-ring (bicyclic) bond motifs is 2. The largest absolute Gasteiger partial charge is 0.744 e. The zero-order valence-corrected chi connectivity index (χ0v) is 17.1. The average molecular weight is 447 g/mol. The second-order valence-corrected chi connectivity index (χ2v) is 8.76. The number of ether oxygens (including phenoxy) is 1. The first-order valence-corrected chi connectivity index (χ1v) is 11.0. The van der Waals surface area contributed by atoms with E-state index in [4.69, 9.17) is 4.74 Å². The van der Waals surface area contributed by atoms with E-state index in [9.17, 15) is 26.1 Å². The van der Waals surface area contributed by atoms with Crippen LogP contribution in [0, 0.1) is 0 Å². The molecule has 0 radical (unpaired) electrons. The summed E-state index contributed by atoms with van der Waals surface area (Å²) in [5.74, 6) is 0.244. The predicted molar refractivity (Wildman–Crippen MR) is 110 cm³/mol. The predicted octanol–water partition coefficient (Wildman–Crippen LogP) is 6.08. The van der Waals surface area contributed by atoms with Crippen molar-refractivity contribution in [1.29, 1.82) is 0 Å². The maximum absolute atomic E-state index is 13.7. The Morgan fingerprint density at radius 1 is 0.968 bits per heavy atom. The van der Waals surface area contributed by atoms with Gasteiger partial charge in [-0.1, -0.05) is 30.9 Å². The molecule has 0 saturated carbocycles. The minimum Gasteiger partial charge on any atom is -0.744 e. The lowest BCUT2D eigenvalue weighted by Crippen LogP contribution is -2.19. The standard InChI is InChI=1S/C23H19F3O4S/c1-2-14-7-8-16-12-17(10-9-15(16)11-14)30-21-13-20(23(24,25)26)22(31(27,28)29)19-6-4-3-5-18(19)21/h2,7-13H,1,3-6H2,(H,27,28,29)/p-1. The van der Waals surface area contributed by atoms with Gasteiger partial charge in [-0.2, -0.15) is 13.2 Å². The van der Waals surface area contributed by atoms with E-state index in [2.05, 4.69) is 6.58 Å². The first-order valence-electron chi connectivity index (χ1n) is 9.64. The number of benzene rings is 3. The molecule has 4 nitrogen and oxygen atoms in total. The van der Waals surface area contributed by atoms with Gasteiger partial charge >= 0.3 is 6.18 Å². The van der Waals surface area contributed by atoms with Crippen LogP contribution in [-0.2, 0) is 29.1 Å². The normalized spacial score (nSPS) is 14.3. The first kappa shape index (κ1) is 21.4. The van der Waals surface area contributed by atoms with Gasteiger partial charge in [0.25, 0.3) is 0 Å². The molecule has 0 amide bonds. The molecule has 0 aromatic heterocycles. The van der Waals surface area contributed by atoms with Gasteiger partial charge in [-0.3, -0.25) is 0 Å². The number of halogens is 3. The van der Waals surface area contributed by atoms with Crippen molar-refractivity contribution in [2.45, 2.75) is 36.8 Å². The van der Waals surface area contributed by atoms with Crippen LogP contribution in [0.3, 0.4) is 0 Å². The molecular formula is C23H18F3O4S-. The zero-order chi connectivity index (χ0) is 22.4. The summed E-state index contributed by atoms with van der Waals surface area (Å²) >= 11 is 0. The molecule has 31 heavy (non-hydrogen) atoms. The Morgan fingerprint density at radius 3 is 2.26 bits per heavy atom. The summed E-state index contributed by atoms with van der Waals surface area (Å²) < 4.78 is 82.1. The Hall–Kier alpha value is -2.84. The van der Waals surface area contributed by atoms with Crippen molar-refractivity contribution in [1.82, 2.24) is 0 Å². The third kappa shape index (κ3) is 4.18. The third-order valence-corrected chi connectivity index (χ3v) is 6.38. The Bertz CT molecular complexity index is 1290. The summed E-state index contributed by atoms with van der Waals surface area (Å²) in [5.41, 5.74) is -0.285. The third-order valence-electron chi connectivity index (χ3n) is 5.41. The summed E-state index contributed by atoms with van der Waals surface area (Å²) in [6.45, 7) is 3.72. The van der Waals surface area contributed by atoms with Gasteiger partial charge in [0, 0.05) is 0 Å². The summed E-state index contributed by atoms with van der Waals surface area (Å²) in [6.07, 6.45) is -1.73. The van der Waals surface area contributed by atoms with E-state index in [-0.39, 0.29) is 17.7 Å². The molecule has 0 heterocycles. The summed E-state index contributed by atoms with van der Waals surface area (Å²) in [5, 5.41) is 1.74. The molecule has 0 aliphatic heterocycles. The summed E-state index contributed by atoms with van der Waals surface area (Å²) in [7, 11) is -5.32. The minimum atomic E-state index is -5.32. The van der Waals surface area contributed by atoms with E-state index in [1.807, 2.05) is 18.2 Å². The molecule has 4 rings (SSSR count). The second-order valence-electron chi connectivity index (χ2n) is 7.44. The molecule has 3 aromatic carbocycles. The molecule has 0 N–H and O–H groups in total. The molecule has 8 heteroatoms. The first-order chi connectivity index (χ1) is 14.6. The van der Waals surface area contributed by atoms with E-state index < -0.39 is 26.8 Å².